The van der Waals surface area contributed by atoms with Crippen molar-refractivity contribution in [2.75, 3.05) is 0 Å². The topological polar surface area (TPSA) is 26.3 Å². The van der Waals surface area contributed by atoms with E-state index >= 15 is 0 Å². The Morgan fingerprint density at radius 3 is 1.58 bits per heavy atom. The second-order valence-electron chi connectivity index (χ2n) is 9.74. The lowest BCUT2D eigenvalue weighted by molar-refractivity contribution is -0.148. The van der Waals surface area contributed by atoms with E-state index in [0.29, 0.717) is 0 Å². The monoisotopic (exact) mass is 362 g/mol. The number of ether oxygens (including phenoxy) is 1. The molecule has 0 aromatic heterocycles. The number of rotatable bonds is 6. The Labute approximate surface area is 161 Å². The highest BCUT2D eigenvalue weighted by molar-refractivity contribution is 5.66. The summed E-state index contributed by atoms with van der Waals surface area (Å²) in [4.78, 5) is 11.1. The zero-order valence-corrected chi connectivity index (χ0v) is 17.4. The Morgan fingerprint density at radius 2 is 1.15 bits per heavy atom. The minimum Gasteiger partial charge on any atom is -0.463 e. The van der Waals surface area contributed by atoms with Crippen molar-refractivity contribution in [1.82, 2.24) is 0 Å². The molecule has 0 N–H and O–H groups in total. The number of carbonyl (C=O) groups excluding carboxylic acids is 1. The van der Waals surface area contributed by atoms with Crippen LogP contribution in [0.15, 0.2) is 0 Å². The normalized spacial score (nSPS) is 38.7. The van der Waals surface area contributed by atoms with Crippen LogP contribution < -0.4 is 0 Å². The molecule has 3 aliphatic rings. The third-order valence-electron chi connectivity index (χ3n) is 8.06. The third kappa shape index (κ3) is 5.73. The molecule has 3 fully saturated rings. The number of hydrogen-bond acceptors (Lipinski definition) is 2. The molecule has 0 amide bonds. The maximum Gasteiger partial charge on any atom is 0.302 e. The molecule has 3 saturated carbocycles. The highest BCUT2D eigenvalue weighted by Gasteiger charge is 2.34. The summed E-state index contributed by atoms with van der Waals surface area (Å²) in [6.07, 6.45) is 21.3. The summed E-state index contributed by atoms with van der Waals surface area (Å²) in [6.45, 7) is 3.87. The fourth-order valence-electron chi connectivity index (χ4n) is 6.44. The quantitative estimate of drug-likeness (QED) is 0.480. The molecule has 0 aromatic rings. The van der Waals surface area contributed by atoms with Crippen LogP contribution in [0.5, 0.6) is 0 Å². The predicted octanol–water partition coefficient (Wildman–Crippen LogP) is 6.91. The highest BCUT2D eigenvalue weighted by atomic mass is 16.5. The Bertz CT molecular complexity index is 408. The van der Waals surface area contributed by atoms with Gasteiger partial charge in [0, 0.05) is 6.92 Å². The summed E-state index contributed by atoms with van der Waals surface area (Å²) in [5.74, 6) is 4.91. The molecule has 0 spiro atoms. The van der Waals surface area contributed by atoms with Gasteiger partial charge >= 0.3 is 5.97 Å². The maximum absolute atomic E-state index is 11.1. The molecule has 0 aromatic carbocycles. The van der Waals surface area contributed by atoms with E-state index in [1.807, 2.05) is 0 Å². The minimum absolute atomic E-state index is 0.0987. The smallest absolute Gasteiger partial charge is 0.302 e. The van der Waals surface area contributed by atoms with E-state index in [0.717, 1.165) is 42.4 Å². The summed E-state index contributed by atoms with van der Waals surface area (Å²) >= 11 is 0. The van der Waals surface area contributed by atoms with Crippen LogP contribution in [0.3, 0.4) is 0 Å². The summed E-state index contributed by atoms with van der Waals surface area (Å²) in [7, 11) is 0. The van der Waals surface area contributed by atoms with E-state index < -0.39 is 0 Å². The minimum atomic E-state index is -0.0987. The molecule has 0 heterocycles. The third-order valence-corrected chi connectivity index (χ3v) is 8.06. The lowest BCUT2D eigenvalue weighted by atomic mass is 9.65. The molecule has 0 aliphatic heterocycles. The predicted molar refractivity (Wildman–Crippen MR) is 108 cm³/mol. The molecule has 2 nitrogen and oxygen atoms in total. The van der Waals surface area contributed by atoms with Crippen LogP contribution in [0, 0.1) is 29.6 Å². The van der Waals surface area contributed by atoms with E-state index in [4.69, 9.17) is 4.74 Å². The first-order chi connectivity index (χ1) is 12.7. The molecular weight excluding hydrogens is 320 g/mol. The lowest BCUT2D eigenvalue weighted by Gasteiger charge is -2.41. The lowest BCUT2D eigenvalue weighted by Crippen LogP contribution is -2.31. The zero-order valence-electron chi connectivity index (χ0n) is 17.4. The van der Waals surface area contributed by atoms with Gasteiger partial charge in [0.25, 0.3) is 0 Å². The first kappa shape index (κ1) is 20.2. The van der Waals surface area contributed by atoms with Crippen molar-refractivity contribution >= 4 is 5.97 Å². The van der Waals surface area contributed by atoms with Gasteiger partial charge in [-0.15, -0.1) is 0 Å². The van der Waals surface area contributed by atoms with Crippen molar-refractivity contribution in [2.24, 2.45) is 29.6 Å². The Balaban J connectivity index is 1.34. The van der Waals surface area contributed by atoms with Gasteiger partial charge in [-0.3, -0.25) is 4.79 Å². The molecule has 0 atom stereocenters. The molecular formula is C24H42O2. The maximum atomic E-state index is 11.1. The summed E-state index contributed by atoms with van der Waals surface area (Å²) in [6, 6.07) is 0. The van der Waals surface area contributed by atoms with Gasteiger partial charge in [-0.05, 0) is 93.8 Å². The number of esters is 1. The van der Waals surface area contributed by atoms with Crippen LogP contribution in [-0.4, -0.2) is 12.1 Å². The fraction of sp³-hybridized carbons (Fsp3) is 0.958. The molecule has 0 bridgehead atoms. The summed E-state index contributed by atoms with van der Waals surface area (Å²) < 4.78 is 5.42. The number of carbonyl (C=O) groups is 1. The molecule has 26 heavy (non-hydrogen) atoms. The highest BCUT2D eigenvalue weighted by Crippen LogP contribution is 2.45. The molecule has 2 heteroatoms. The molecule has 150 valence electrons. The van der Waals surface area contributed by atoms with Crippen LogP contribution in [0.4, 0.5) is 0 Å². The van der Waals surface area contributed by atoms with Crippen molar-refractivity contribution in [2.45, 2.75) is 116 Å². The second-order valence-corrected chi connectivity index (χ2v) is 9.74. The van der Waals surface area contributed by atoms with Gasteiger partial charge in [-0.1, -0.05) is 39.0 Å². The van der Waals surface area contributed by atoms with Gasteiger partial charge in [0.1, 0.15) is 6.10 Å². The van der Waals surface area contributed by atoms with Gasteiger partial charge in [0.05, 0.1) is 0 Å². The standard InChI is InChI=1S/C24H42O2/c1-3-4-5-19-6-8-20(9-7-19)21-10-12-22(13-11-21)23-14-16-24(17-15-23)26-18(2)25/h19-24H,3-17H2,1-2H3/t19-,20-,21-,22-,23-,24-. The molecule has 0 saturated heterocycles. The first-order valence-corrected chi connectivity index (χ1v) is 11.8. The molecule has 3 aliphatic carbocycles. The Morgan fingerprint density at radius 1 is 0.731 bits per heavy atom. The molecule has 0 radical (unpaired) electrons. The summed E-state index contributed by atoms with van der Waals surface area (Å²) in [5, 5.41) is 0. The van der Waals surface area contributed by atoms with Gasteiger partial charge in [-0.25, -0.2) is 0 Å². The average Bonchev–Trinajstić information content (AvgIpc) is 2.67. The summed E-state index contributed by atoms with van der Waals surface area (Å²) in [5.41, 5.74) is 0. The second kappa shape index (κ2) is 10.1. The van der Waals surface area contributed by atoms with Crippen LogP contribution in [-0.2, 0) is 9.53 Å². The van der Waals surface area contributed by atoms with E-state index in [1.54, 1.807) is 6.92 Å². The molecule has 3 rings (SSSR count). The van der Waals surface area contributed by atoms with Crippen molar-refractivity contribution in [3.8, 4) is 0 Å². The fourth-order valence-corrected chi connectivity index (χ4v) is 6.44. The van der Waals surface area contributed by atoms with E-state index in [2.05, 4.69) is 6.92 Å². The van der Waals surface area contributed by atoms with Gasteiger partial charge in [0.15, 0.2) is 0 Å². The van der Waals surface area contributed by atoms with E-state index in [1.165, 1.54) is 83.5 Å². The molecule has 0 unspecified atom stereocenters. The van der Waals surface area contributed by atoms with Crippen LogP contribution >= 0.6 is 0 Å². The zero-order chi connectivity index (χ0) is 18.4. The Kier molecular flexibility index (Phi) is 7.88. The number of hydrogen-bond donors (Lipinski definition) is 0. The largest absolute Gasteiger partial charge is 0.463 e. The Hall–Kier alpha value is -0.530. The van der Waals surface area contributed by atoms with Crippen LogP contribution in [0.2, 0.25) is 0 Å². The van der Waals surface area contributed by atoms with E-state index in [9.17, 15) is 4.79 Å². The van der Waals surface area contributed by atoms with Crippen LogP contribution in [0.1, 0.15) is 110 Å². The van der Waals surface area contributed by atoms with Gasteiger partial charge in [0.2, 0.25) is 0 Å². The average molecular weight is 363 g/mol. The van der Waals surface area contributed by atoms with E-state index in [-0.39, 0.29) is 12.1 Å². The van der Waals surface area contributed by atoms with Gasteiger partial charge < -0.3 is 4.74 Å². The van der Waals surface area contributed by atoms with Crippen molar-refractivity contribution in [1.29, 1.82) is 0 Å². The first-order valence-electron chi connectivity index (χ1n) is 11.8. The number of unbranched alkanes of at least 4 members (excludes halogenated alkanes) is 1. The SMILES string of the molecule is CCCC[C@H]1CC[C@H]([C@H]2CC[C@H]([C@H]3CC[C@H](OC(C)=O)CC3)CC2)CC1. The van der Waals surface area contributed by atoms with Crippen molar-refractivity contribution in [3.05, 3.63) is 0 Å². The van der Waals surface area contributed by atoms with Crippen molar-refractivity contribution < 1.29 is 9.53 Å². The van der Waals surface area contributed by atoms with Crippen molar-refractivity contribution in [3.63, 3.8) is 0 Å². The van der Waals surface area contributed by atoms with Gasteiger partial charge in [-0.2, -0.15) is 0 Å². The van der Waals surface area contributed by atoms with Crippen LogP contribution in [0.25, 0.3) is 0 Å².